The average molecular weight is 218 g/mol. The quantitative estimate of drug-likeness (QED) is 0.793. The highest BCUT2D eigenvalue weighted by Crippen LogP contribution is 2.31. The molecule has 0 aliphatic heterocycles. The Morgan fingerprint density at radius 1 is 1.38 bits per heavy atom. The van der Waals surface area contributed by atoms with Crippen molar-refractivity contribution >= 4 is 5.69 Å². The molecule has 0 aromatic heterocycles. The van der Waals surface area contributed by atoms with E-state index in [0.717, 1.165) is 11.4 Å². The van der Waals surface area contributed by atoms with Gasteiger partial charge in [-0.1, -0.05) is 26.8 Å². The van der Waals surface area contributed by atoms with E-state index < -0.39 is 0 Å². The molecule has 0 atom stereocenters. The van der Waals surface area contributed by atoms with Gasteiger partial charge in [0.05, 0.1) is 18.9 Å². The van der Waals surface area contributed by atoms with E-state index in [1.54, 1.807) is 7.11 Å². The van der Waals surface area contributed by atoms with Gasteiger partial charge in [0.25, 0.3) is 0 Å². The topological polar surface area (TPSA) is 45.0 Å². The first-order valence-electron chi connectivity index (χ1n) is 5.28. The maximum atomic E-state index is 8.57. The molecule has 1 aromatic rings. The monoisotopic (exact) mass is 218 g/mol. The van der Waals surface area contributed by atoms with E-state index in [9.17, 15) is 0 Å². The van der Waals surface area contributed by atoms with Gasteiger partial charge in [0.2, 0.25) is 0 Å². The minimum absolute atomic E-state index is 0.0926. The van der Waals surface area contributed by atoms with Gasteiger partial charge >= 0.3 is 0 Å². The van der Waals surface area contributed by atoms with Crippen LogP contribution in [0.3, 0.4) is 0 Å². The number of nitriles is 1. The molecule has 86 valence electrons. The molecule has 0 saturated heterocycles. The third-order valence-electron chi connectivity index (χ3n) is 2.42. The number of nitrogens with zero attached hydrogens (tertiary/aromatic N) is 1. The van der Waals surface area contributed by atoms with Crippen molar-refractivity contribution in [2.24, 2.45) is 0 Å². The highest BCUT2D eigenvalue weighted by Gasteiger charge is 2.15. The van der Waals surface area contributed by atoms with Gasteiger partial charge in [-0.3, -0.25) is 0 Å². The fourth-order valence-corrected chi connectivity index (χ4v) is 1.45. The van der Waals surface area contributed by atoms with Crippen LogP contribution < -0.4 is 10.1 Å². The molecule has 0 saturated carbocycles. The Balaban J connectivity index is 3.07. The third kappa shape index (κ3) is 2.90. The lowest BCUT2D eigenvalue weighted by Gasteiger charge is -2.21. The van der Waals surface area contributed by atoms with E-state index in [0.29, 0.717) is 0 Å². The molecule has 16 heavy (non-hydrogen) atoms. The summed E-state index contributed by atoms with van der Waals surface area (Å²) in [6.07, 6.45) is 0. The zero-order valence-corrected chi connectivity index (χ0v) is 10.3. The van der Waals surface area contributed by atoms with Crippen molar-refractivity contribution in [1.82, 2.24) is 0 Å². The van der Waals surface area contributed by atoms with Gasteiger partial charge < -0.3 is 10.1 Å². The minimum Gasteiger partial charge on any atom is -0.495 e. The number of hydrogen-bond acceptors (Lipinski definition) is 3. The molecular formula is C13H18N2O. The Hall–Kier alpha value is -1.69. The van der Waals surface area contributed by atoms with E-state index in [4.69, 9.17) is 10.00 Å². The number of anilines is 1. The zero-order chi connectivity index (χ0) is 12.2. The van der Waals surface area contributed by atoms with Crippen molar-refractivity contribution < 1.29 is 4.74 Å². The Morgan fingerprint density at radius 3 is 2.56 bits per heavy atom. The van der Waals surface area contributed by atoms with Gasteiger partial charge in [0.1, 0.15) is 12.3 Å². The number of benzene rings is 1. The molecule has 1 aromatic carbocycles. The summed E-state index contributed by atoms with van der Waals surface area (Å²) < 4.78 is 5.24. The SMILES string of the molecule is COc1ccc(C(C)(C)C)cc1NCC#N. The summed E-state index contributed by atoms with van der Waals surface area (Å²) in [7, 11) is 1.63. The van der Waals surface area contributed by atoms with Gasteiger partial charge in [-0.2, -0.15) is 5.26 Å². The lowest BCUT2D eigenvalue weighted by Crippen LogP contribution is -2.12. The molecule has 0 spiro atoms. The number of rotatable bonds is 3. The molecule has 0 unspecified atom stereocenters. The molecule has 0 fully saturated rings. The summed E-state index contributed by atoms with van der Waals surface area (Å²) >= 11 is 0. The van der Waals surface area contributed by atoms with Gasteiger partial charge in [0.15, 0.2) is 0 Å². The molecule has 0 aliphatic rings. The largest absolute Gasteiger partial charge is 0.495 e. The number of nitrogens with one attached hydrogen (secondary N) is 1. The Labute approximate surface area is 97.0 Å². The van der Waals surface area contributed by atoms with Gasteiger partial charge in [0, 0.05) is 0 Å². The molecule has 0 aliphatic carbocycles. The third-order valence-corrected chi connectivity index (χ3v) is 2.42. The van der Waals surface area contributed by atoms with Crippen molar-refractivity contribution in [1.29, 1.82) is 5.26 Å². The van der Waals surface area contributed by atoms with Gasteiger partial charge in [-0.25, -0.2) is 0 Å². The van der Waals surface area contributed by atoms with E-state index in [2.05, 4.69) is 38.2 Å². The summed E-state index contributed by atoms with van der Waals surface area (Å²) in [4.78, 5) is 0. The van der Waals surface area contributed by atoms with Crippen molar-refractivity contribution in [3.05, 3.63) is 23.8 Å². The average Bonchev–Trinajstić information content (AvgIpc) is 2.24. The zero-order valence-electron chi connectivity index (χ0n) is 10.3. The maximum Gasteiger partial charge on any atom is 0.141 e. The van der Waals surface area contributed by atoms with Crippen molar-refractivity contribution in [2.75, 3.05) is 19.0 Å². The molecule has 0 amide bonds. The smallest absolute Gasteiger partial charge is 0.141 e. The molecule has 0 radical (unpaired) electrons. The van der Waals surface area contributed by atoms with E-state index >= 15 is 0 Å². The lowest BCUT2D eigenvalue weighted by atomic mass is 9.87. The number of methoxy groups -OCH3 is 1. The van der Waals surface area contributed by atoms with E-state index in [1.807, 2.05) is 12.1 Å². The number of ether oxygens (including phenoxy) is 1. The summed E-state index contributed by atoms with van der Waals surface area (Å²) in [5.41, 5.74) is 2.18. The van der Waals surface area contributed by atoms with Crippen LogP contribution >= 0.6 is 0 Å². The molecule has 1 N–H and O–H groups in total. The molecule has 0 bridgehead atoms. The fraction of sp³-hybridized carbons (Fsp3) is 0.462. The van der Waals surface area contributed by atoms with Gasteiger partial charge in [-0.15, -0.1) is 0 Å². The summed E-state index contributed by atoms with van der Waals surface area (Å²) in [6, 6.07) is 8.08. The van der Waals surface area contributed by atoms with Crippen LogP contribution in [0.2, 0.25) is 0 Å². The molecule has 3 nitrogen and oxygen atoms in total. The first-order chi connectivity index (χ1) is 7.49. The highest BCUT2D eigenvalue weighted by molar-refractivity contribution is 5.59. The second-order valence-corrected chi connectivity index (χ2v) is 4.68. The normalized spacial score (nSPS) is 10.7. The van der Waals surface area contributed by atoms with Crippen LogP contribution in [0.4, 0.5) is 5.69 Å². The summed E-state index contributed by atoms with van der Waals surface area (Å²) in [6.45, 7) is 6.75. The van der Waals surface area contributed by atoms with Crippen LogP contribution in [0, 0.1) is 11.3 Å². The summed E-state index contributed by atoms with van der Waals surface area (Å²) in [5.74, 6) is 0.767. The first kappa shape index (κ1) is 12.4. The lowest BCUT2D eigenvalue weighted by molar-refractivity contribution is 0.416. The van der Waals surface area contributed by atoms with Crippen LogP contribution in [0.15, 0.2) is 18.2 Å². The van der Waals surface area contributed by atoms with Crippen LogP contribution in [0.25, 0.3) is 0 Å². The molecule has 1 rings (SSSR count). The maximum absolute atomic E-state index is 8.57. The minimum atomic E-state index is 0.0926. The fourth-order valence-electron chi connectivity index (χ4n) is 1.45. The van der Waals surface area contributed by atoms with E-state index in [1.165, 1.54) is 5.56 Å². The van der Waals surface area contributed by atoms with Crippen molar-refractivity contribution in [2.45, 2.75) is 26.2 Å². The van der Waals surface area contributed by atoms with Crippen molar-refractivity contribution in [3.63, 3.8) is 0 Å². The predicted octanol–water partition coefficient (Wildman–Crippen LogP) is 2.93. The Bertz CT molecular complexity index is 399. The highest BCUT2D eigenvalue weighted by atomic mass is 16.5. The first-order valence-corrected chi connectivity index (χ1v) is 5.28. The molecule has 0 heterocycles. The van der Waals surface area contributed by atoms with Crippen LogP contribution in [0.5, 0.6) is 5.75 Å². The predicted molar refractivity (Wildman–Crippen MR) is 65.8 cm³/mol. The second-order valence-electron chi connectivity index (χ2n) is 4.68. The Kier molecular flexibility index (Phi) is 3.78. The molecular weight excluding hydrogens is 200 g/mol. The van der Waals surface area contributed by atoms with E-state index in [-0.39, 0.29) is 12.0 Å². The Morgan fingerprint density at radius 2 is 2.06 bits per heavy atom. The second kappa shape index (κ2) is 4.89. The summed E-state index contributed by atoms with van der Waals surface area (Å²) in [5, 5.41) is 11.6. The van der Waals surface area contributed by atoms with Crippen LogP contribution in [-0.4, -0.2) is 13.7 Å². The van der Waals surface area contributed by atoms with Crippen LogP contribution in [-0.2, 0) is 5.41 Å². The van der Waals surface area contributed by atoms with Crippen molar-refractivity contribution in [3.8, 4) is 11.8 Å². The van der Waals surface area contributed by atoms with Gasteiger partial charge in [-0.05, 0) is 23.1 Å². The standard InChI is InChI=1S/C13H18N2O/c1-13(2,3)10-5-6-12(16-4)11(9-10)15-8-7-14/h5-6,9,15H,8H2,1-4H3. The number of hydrogen-bond donors (Lipinski definition) is 1. The molecule has 3 heteroatoms. The van der Waals surface area contributed by atoms with Crippen LogP contribution in [0.1, 0.15) is 26.3 Å².